The number of hydrogen-bond donors (Lipinski definition) is 1. The van der Waals surface area contributed by atoms with Crippen molar-refractivity contribution in [2.75, 3.05) is 0 Å². The fourth-order valence-electron chi connectivity index (χ4n) is 0.953. The molecule has 0 saturated carbocycles. The van der Waals surface area contributed by atoms with Crippen molar-refractivity contribution in [3.8, 4) is 0 Å². The first-order chi connectivity index (χ1) is 6.52. The molecule has 1 aromatic rings. The summed E-state index contributed by atoms with van der Waals surface area (Å²) in [5, 5.41) is 8.54. The van der Waals surface area contributed by atoms with Gasteiger partial charge in [0.1, 0.15) is 0 Å². The van der Waals surface area contributed by atoms with Gasteiger partial charge < -0.3 is 0 Å². The molecule has 14 heavy (non-hydrogen) atoms. The molecule has 0 unspecified atom stereocenters. The van der Waals surface area contributed by atoms with Crippen LogP contribution in [0.25, 0.3) is 0 Å². The van der Waals surface area contributed by atoms with Crippen molar-refractivity contribution in [1.29, 1.82) is 0 Å². The zero-order chi connectivity index (χ0) is 10.6. The summed E-state index contributed by atoms with van der Waals surface area (Å²) in [4.78, 5) is 10.4. The quantitative estimate of drug-likeness (QED) is 0.848. The molecular weight excluding hydrogens is 339 g/mol. The maximum atomic E-state index is 10.4. The van der Waals surface area contributed by atoms with Crippen LogP contribution in [-0.2, 0) is 4.79 Å². The van der Waals surface area contributed by atoms with Crippen LogP contribution in [0.2, 0.25) is 4.47 Å². The van der Waals surface area contributed by atoms with Gasteiger partial charge in [0, 0.05) is 0 Å². The summed E-state index contributed by atoms with van der Waals surface area (Å²) in [5.41, 5.74) is 0. The second-order valence-electron chi connectivity index (χ2n) is 2.74. The molecule has 0 atom stereocenters. The van der Waals surface area contributed by atoms with Crippen LogP contribution >= 0.6 is 17.9 Å². The van der Waals surface area contributed by atoms with Gasteiger partial charge >= 0.3 is 94.6 Å². The molecule has 0 amide bonds. The van der Waals surface area contributed by atoms with Gasteiger partial charge in [0.05, 0.1) is 0 Å². The summed E-state index contributed by atoms with van der Waals surface area (Å²) in [6, 6.07) is 9.34. The van der Waals surface area contributed by atoms with Gasteiger partial charge in [-0.3, -0.25) is 0 Å². The predicted molar refractivity (Wildman–Crippen MR) is 60.6 cm³/mol. The molecular formula is C9H10Cl2O2Te. The summed E-state index contributed by atoms with van der Waals surface area (Å²) < 4.78 is 1.31. The molecule has 2 nitrogen and oxygen atoms in total. The Kier molecular flexibility index (Phi) is 4.53. The van der Waals surface area contributed by atoms with Crippen LogP contribution < -0.4 is 3.61 Å². The summed E-state index contributed by atoms with van der Waals surface area (Å²) in [5.74, 6) is -0.849. The van der Waals surface area contributed by atoms with Gasteiger partial charge in [-0.05, 0) is 0 Å². The van der Waals surface area contributed by atoms with E-state index in [2.05, 4.69) is 0 Å². The normalized spacial score (nSPS) is 12.4. The van der Waals surface area contributed by atoms with Gasteiger partial charge in [-0.15, -0.1) is 0 Å². The van der Waals surface area contributed by atoms with Crippen LogP contribution in [0.3, 0.4) is 0 Å². The topological polar surface area (TPSA) is 37.3 Å². The van der Waals surface area contributed by atoms with E-state index < -0.39 is 21.9 Å². The molecule has 0 radical (unpaired) electrons. The Morgan fingerprint density at radius 3 is 2.36 bits per heavy atom. The van der Waals surface area contributed by atoms with E-state index in [1.165, 1.54) is 0 Å². The van der Waals surface area contributed by atoms with E-state index >= 15 is 0 Å². The van der Waals surface area contributed by atoms with Crippen LogP contribution in [-0.4, -0.2) is 27.0 Å². The number of halogens is 2. The summed E-state index contributed by atoms with van der Waals surface area (Å²) in [7, 11) is 12.4. The minimum absolute atomic E-state index is 0.0447. The third kappa shape index (κ3) is 3.67. The molecule has 0 spiro atoms. The Labute approximate surface area is 94.1 Å². The number of rotatable bonds is 4. The summed E-state index contributed by atoms with van der Waals surface area (Å²) in [6.45, 7) is 0. The Morgan fingerprint density at radius 1 is 1.29 bits per heavy atom. The average Bonchev–Trinajstić information content (AvgIpc) is 2.16. The molecule has 5 heteroatoms. The van der Waals surface area contributed by atoms with E-state index in [1.807, 2.05) is 30.3 Å². The molecule has 0 heterocycles. The molecule has 0 saturated heterocycles. The number of aliphatic carboxylic acids is 1. The summed E-state index contributed by atoms with van der Waals surface area (Å²) in [6.07, 6.45) is 0.0447. The summed E-state index contributed by atoms with van der Waals surface area (Å²) >= 11 is -3.12. The van der Waals surface area contributed by atoms with Crippen LogP contribution in [0.4, 0.5) is 0 Å². The van der Waals surface area contributed by atoms with Crippen LogP contribution in [0, 0.1) is 0 Å². The number of hydrogen-bond acceptors (Lipinski definition) is 1. The molecule has 1 N–H and O–H groups in total. The van der Waals surface area contributed by atoms with E-state index in [4.69, 9.17) is 23.0 Å². The average molecular weight is 349 g/mol. The Bertz CT molecular complexity index is 314. The first-order valence-corrected chi connectivity index (χ1v) is 12.7. The SMILES string of the molecule is O=C(O)CC[Te](Cl)(Cl)c1ccccc1. The van der Waals surface area contributed by atoms with Crippen molar-refractivity contribution < 1.29 is 9.90 Å². The Balaban J connectivity index is 2.70. The van der Waals surface area contributed by atoms with Crippen LogP contribution in [0.5, 0.6) is 0 Å². The minimum atomic E-state index is -3.12. The molecule has 78 valence electrons. The van der Waals surface area contributed by atoms with E-state index in [-0.39, 0.29) is 6.42 Å². The van der Waals surface area contributed by atoms with E-state index in [9.17, 15) is 4.79 Å². The fraction of sp³-hybridized carbons (Fsp3) is 0.222. The van der Waals surface area contributed by atoms with Crippen molar-refractivity contribution >= 4 is 43.4 Å². The maximum absolute atomic E-state index is 10.4. The van der Waals surface area contributed by atoms with Crippen molar-refractivity contribution in [2.45, 2.75) is 10.9 Å². The first-order valence-electron chi connectivity index (χ1n) is 3.99. The van der Waals surface area contributed by atoms with Gasteiger partial charge in [0.25, 0.3) is 0 Å². The number of benzene rings is 1. The molecule has 0 aliphatic heterocycles. The van der Waals surface area contributed by atoms with Crippen molar-refractivity contribution in [3.05, 3.63) is 30.3 Å². The van der Waals surface area contributed by atoms with E-state index in [0.717, 1.165) is 3.61 Å². The molecule has 0 fully saturated rings. The molecule has 1 rings (SSSR count). The molecule has 0 aliphatic carbocycles. The second-order valence-corrected chi connectivity index (χ2v) is 16.7. The van der Waals surface area contributed by atoms with Gasteiger partial charge in [0.2, 0.25) is 0 Å². The standard InChI is InChI=1S/C9H10Cl2O2Te/c10-14(11,7-6-9(12)13)8-4-2-1-3-5-8/h1-5H,6-7H2,(H,12,13). The molecule has 0 bridgehead atoms. The van der Waals surface area contributed by atoms with Gasteiger partial charge in [-0.2, -0.15) is 0 Å². The third-order valence-corrected chi connectivity index (χ3v) is 10.9. The Hall–Kier alpha value is 0.0596. The zero-order valence-electron chi connectivity index (χ0n) is 7.32. The number of carboxylic acids is 1. The van der Waals surface area contributed by atoms with Crippen molar-refractivity contribution in [3.63, 3.8) is 0 Å². The number of carbonyl (C=O) groups is 1. The molecule has 0 aromatic heterocycles. The van der Waals surface area contributed by atoms with Crippen molar-refractivity contribution in [2.24, 2.45) is 0 Å². The van der Waals surface area contributed by atoms with Gasteiger partial charge in [-0.1, -0.05) is 0 Å². The van der Waals surface area contributed by atoms with Crippen molar-refractivity contribution in [1.82, 2.24) is 0 Å². The van der Waals surface area contributed by atoms with E-state index in [0.29, 0.717) is 4.47 Å². The predicted octanol–water partition coefficient (Wildman–Crippen LogP) is 2.29. The monoisotopic (exact) mass is 350 g/mol. The fourth-order valence-corrected chi connectivity index (χ4v) is 6.86. The third-order valence-electron chi connectivity index (χ3n) is 1.66. The van der Waals surface area contributed by atoms with Crippen LogP contribution in [0.15, 0.2) is 30.3 Å². The zero-order valence-corrected chi connectivity index (χ0v) is 11.2. The molecule has 1 aromatic carbocycles. The molecule has 0 aliphatic rings. The van der Waals surface area contributed by atoms with E-state index in [1.54, 1.807) is 0 Å². The second kappa shape index (κ2) is 5.23. The number of carboxylic acid groups (broad SMARTS) is 1. The Morgan fingerprint density at radius 2 is 1.86 bits per heavy atom. The van der Waals surface area contributed by atoms with Crippen LogP contribution in [0.1, 0.15) is 6.42 Å². The van der Waals surface area contributed by atoms with Gasteiger partial charge in [-0.25, -0.2) is 0 Å². The first kappa shape index (κ1) is 12.1. The van der Waals surface area contributed by atoms with Gasteiger partial charge in [0.15, 0.2) is 0 Å².